The highest BCUT2D eigenvalue weighted by Gasteiger charge is 1.99. The van der Waals surface area contributed by atoms with Crippen LogP contribution in [-0.2, 0) is 4.74 Å². The number of unbranched alkanes of at least 4 members (excludes halogenated alkanes) is 20. The highest BCUT2D eigenvalue weighted by molar-refractivity contribution is 7.80. The summed E-state index contributed by atoms with van der Waals surface area (Å²) in [6.45, 7) is 5.41. The Labute approximate surface area is 190 Å². The molecule has 0 bridgehead atoms. The van der Waals surface area contributed by atoms with Gasteiger partial charge in [-0.15, -0.1) is 0 Å². The Hall–Kier alpha value is -0.110. The van der Waals surface area contributed by atoms with Crippen LogP contribution in [0.4, 0.5) is 0 Å². The van der Waals surface area contributed by atoms with E-state index in [0.717, 1.165) is 18.1 Å². The molecule has 0 saturated heterocycles. The van der Waals surface area contributed by atoms with E-state index in [-0.39, 0.29) is 0 Å². The van der Waals surface area contributed by atoms with Crippen molar-refractivity contribution in [1.82, 2.24) is 0 Å². The van der Waals surface area contributed by atoms with Gasteiger partial charge in [-0.2, -0.15) is 0 Å². The molecule has 0 aliphatic heterocycles. The third-order valence-corrected chi connectivity index (χ3v) is 6.32. The molecule has 0 N–H and O–H groups in total. The van der Waals surface area contributed by atoms with E-state index in [1.807, 2.05) is 0 Å². The van der Waals surface area contributed by atoms with Crippen molar-refractivity contribution < 1.29 is 4.74 Å². The van der Waals surface area contributed by atoms with Crippen LogP contribution in [0.1, 0.15) is 162 Å². The van der Waals surface area contributed by atoms with Gasteiger partial charge in [-0.05, 0) is 25.1 Å². The van der Waals surface area contributed by atoms with Gasteiger partial charge in [0.15, 0.2) is 5.05 Å². The lowest BCUT2D eigenvalue weighted by atomic mass is 10.0. The Morgan fingerprint density at radius 1 is 0.448 bits per heavy atom. The fraction of sp³-hybridized carbons (Fsp3) is 0.963. The molecule has 0 aliphatic rings. The Kier molecular flexibility index (Phi) is 25.8. The molecule has 0 amide bonds. The minimum atomic E-state index is 0.840. The molecule has 0 radical (unpaired) electrons. The summed E-state index contributed by atoms with van der Waals surface area (Å²) in [4.78, 5) is 0. The summed E-state index contributed by atoms with van der Waals surface area (Å²) in [5.74, 6) is 0. The van der Waals surface area contributed by atoms with E-state index >= 15 is 0 Å². The first kappa shape index (κ1) is 28.9. The summed E-state index contributed by atoms with van der Waals surface area (Å²) in [6.07, 6.45) is 31.4. The molecule has 0 heterocycles. The largest absolute Gasteiger partial charge is 0.487 e. The molecule has 0 aromatic rings. The summed E-state index contributed by atoms with van der Waals surface area (Å²) < 4.78 is 5.74. The van der Waals surface area contributed by atoms with Crippen LogP contribution in [-0.4, -0.2) is 11.7 Å². The predicted molar refractivity (Wildman–Crippen MR) is 136 cm³/mol. The third-order valence-electron chi connectivity index (χ3n) is 6.00. The van der Waals surface area contributed by atoms with Gasteiger partial charge in [0, 0.05) is 6.42 Å². The van der Waals surface area contributed by atoms with Crippen LogP contribution in [0.25, 0.3) is 0 Å². The molecule has 1 nitrogen and oxygen atoms in total. The second-order valence-electron chi connectivity index (χ2n) is 9.04. The molecule has 0 atom stereocenters. The van der Waals surface area contributed by atoms with E-state index in [0.29, 0.717) is 0 Å². The topological polar surface area (TPSA) is 9.23 Å². The SMILES string of the molecule is CCCCCCCCCCCCCCCC(=S)OCCCCCCCCCCC. The number of thiocarbonyl (C=S) groups is 1. The maximum atomic E-state index is 5.74. The maximum absolute atomic E-state index is 5.74. The minimum absolute atomic E-state index is 0.840. The van der Waals surface area contributed by atoms with Crippen LogP contribution in [0.2, 0.25) is 0 Å². The van der Waals surface area contributed by atoms with Gasteiger partial charge in [-0.3, -0.25) is 0 Å². The average Bonchev–Trinajstić information content (AvgIpc) is 2.72. The molecular weight excluding hydrogens is 372 g/mol. The molecule has 0 saturated carbocycles. The lowest BCUT2D eigenvalue weighted by molar-refractivity contribution is 0.290. The molecule has 0 aromatic heterocycles. The van der Waals surface area contributed by atoms with Gasteiger partial charge in [0.05, 0.1) is 6.61 Å². The highest BCUT2D eigenvalue weighted by atomic mass is 32.1. The second-order valence-corrected chi connectivity index (χ2v) is 9.50. The normalized spacial score (nSPS) is 11.1. The lowest BCUT2D eigenvalue weighted by Gasteiger charge is -2.08. The smallest absolute Gasteiger partial charge is 0.159 e. The zero-order valence-corrected chi connectivity index (χ0v) is 21.1. The number of hydrogen-bond acceptors (Lipinski definition) is 2. The number of hydrogen-bond donors (Lipinski definition) is 0. The van der Waals surface area contributed by atoms with Crippen LogP contribution in [0, 0.1) is 0 Å². The summed E-state index contributed by atoms with van der Waals surface area (Å²) in [7, 11) is 0. The highest BCUT2D eigenvalue weighted by Crippen LogP contribution is 2.14. The Morgan fingerprint density at radius 3 is 1.14 bits per heavy atom. The number of rotatable bonds is 24. The van der Waals surface area contributed by atoms with Crippen LogP contribution in [0.3, 0.4) is 0 Å². The molecule has 0 fully saturated rings. The quantitative estimate of drug-likeness (QED) is 0.112. The molecule has 29 heavy (non-hydrogen) atoms. The standard InChI is InChI=1S/C27H54OS/c1-3-5-7-9-11-13-14-15-16-17-19-21-23-25-27(29)28-26-24-22-20-18-12-10-8-6-4-2/h3-26H2,1-2H3. The van der Waals surface area contributed by atoms with Crippen molar-refractivity contribution >= 4 is 17.3 Å². The van der Waals surface area contributed by atoms with Crippen molar-refractivity contribution in [2.75, 3.05) is 6.61 Å². The fourth-order valence-corrected chi connectivity index (χ4v) is 4.19. The summed E-state index contributed by atoms with van der Waals surface area (Å²) in [5.41, 5.74) is 0. The van der Waals surface area contributed by atoms with Gasteiger partial charge in [-0.25, -0.2) is 0 Å². The van der Waals surface area contributed by atoms with Crippen LogP contribution in [0.5, 0.6) is 0 Å². The number of ether oxygens (including phenoxy) is 1. The maximum Gasteiger partial charge on any atom is 0.159 e. The van der Waals surface area contributed by atoms with Crippen molar-refractivity contribution in [2.24, 2.45) is 0 Å². The van der Waals surface area contributed by atoms with Crippen LogP contribution >= 0.6 is 12.2 Å². The van der Waals surface area contributed by atoms with Gasteiger partial charge in [-0.1, -0.05) is 142 Å². The molecule has 0 rings (SSSR count). The van der Waals surface area contributed by atoms with Gasteiger partial charge in [0.1, 0.15) is 0 Å². The summed E-state index contributed by atoms with van der Waals surface area (Å²) >= 11 is 5.38. The van der Waals surface area contributed by atoms with Gasteiger partial charge < -0.3 is 4.74 Å². The van der Waals surface area contributed by atoms with E-state index in [9.17, 15) is 0 Å². The lowest BCUT2D eigenvalue weighted by Crippen LogP contribution is -2.03. The van der Waals surface area contributed by atoms with Gasteiger partial charge in [0.25, 0.3) is 0 Å². The Bertz CT molecular complexity index is 316. The average molecular weight is 427 g/mol. The van der Waals surface area contributed by atoms with Crippen molar-refractivity contribution in [2.45, 2.75) is 162 Å². The summed E-state index contributed by atoms with van der Waals surface area (Å²) in [6, 6.07) is 0. The van der Waals surface area contributed by atoms with E-state index in [2.05, 4.69) is 13.8 Å². The van der Waals surface area contributed by atoms with Crippen molar-refractivity contribution in [3.05, 3.63) is 0 Å². The van der Waals surface area contributed by atoms with Crippen LogP contribution < -0.4 is 0 Å². The molecule has 2 heteroatoms. The molecule has 0 aromatic carbocycles. The van der Waals surface area contributed by atoms with Crippen molar-refractivity contribution in [3.8, 4) is 0 Å². The molecule has 0 spiro atoms. The van der Waals surface area contributed by atoms with E-state index in [1.54, 1.807) is 0 Å². The molecule has 0 unspecified atom stereocenters. The molecule has 174 valence electrons. The Morgan fingerprint density at radius 2 is 0.759 bits per heavy atom. The van der Waals surface area contributed by atoms with Crippen molar-refractivity contribution in [1.29, 1.82) is 0 Å². The predicted octanol–water partition coefficient (Wildman–Crippen LogP) is 10.3. The van der Waals surface area contributed by atoms with Gasteiger partial charge >= 0.3 is 0 Å². The van der Waals surface area contributed by atoms with Crippen molar-refractivity contribution in [3.63, 3.8) is 0 Å². The van der Waals surface area contributed by atoms with Crippen LogP contribution in [0.15, 0.2) is 0 Å². The monoisotopic (exact) mass is 426 g/mol. The third kappa shape index (κ3) is 25.9. The molecule has 0 aliphatic carbocycles. The first-order chi connectivity index (χ1) is 14.3. The second kappa shape index (κ2) is 25.9. The zero-order chi connectivity index (χ0) is 21.3. The minimum Gasteiger partial charge on any atom is -0.487 e. The first-order valence-electron chi connectivity index (χ1n) is 13.5. The van der Waals surface area contributed by atoms with E-state index in [4.69, 9.17) is 17.0 Å². The Balaban J connectivity index is 3.13. The molecular formula is C27H54OS. The van der Waals surface area contributed by atoms with Gasteiger partial charge in [0.2, 0.25) is 0 Å². The van der Waals surface area contributed by atoms with E-state index < -0.39 is 0 Å². The first-order valence-corrected chi connectivity index (χ1v) is 13.9. The summed E-state index contributed by atoms with van der Waals surface area (Å²) in [5, 5.41) is 0.854. The fourth-order valence-electron chi connectivity index (χ4n) is 3.96. The van der Waals surface area contributed by atoms with E-state index in [1.165, 1.54) is 141 Å². The zero-order valence-electron chi connectivity index (χ0n) is 20.3.